The Bertz CT molecular complexity index is 1160. The molecule has 162 valence electrons. The maximum absolute atomic E-state index is 13.1. The van der Waals surface area contributed by atoms with Gasteiger partial charge in [-0.05, 0) is 72.3 Å². The highest BCUT2D eigenvalue weighted by Gasteiger charge is 2.22. The highest BCUT2D eigenvalue weighted by molar-refractivity contribution is 14.1. The molecule has 0 saturated carbocycles. The van der Waals surface area contributed by atoms with Gasteiger partial charge < -0.3 is 9.08 Å². The summed E-state index contributed by atoms with van der Waals surface area (Å²) in [5.41, 5.74) is 1.93. The van der Waals surface area contributed by atoms with E-state index in [9.17, 15) is 13.2 Å². The summed E-state index contributed by atoms with van der Waals surface area (Å²) in [5, 5.41) is 0. The highest BCUT2D eigenvalue weighted by atomic mass is 127. The molecule has 31 heavy (non-hydrogen) atoms. The average molecular weight is 549 g/mol. The van der Waals surface area contributed by atoms with E-state index in [0.29, 0.717) is 0 Å². The van der Waals surface area contributed by atoms with Gasteiger partial charge in [0.05, 0.1) is 5.56 Å². The van der Waals surface area contributed by atoms with Crippen molar-refractivity contribution >= 4 is 44.2 Å². The first kappa shape index (κ1) is 23.3. The Balaban J connectivity index is 2.02. The molecule has 0 atom stereocenters. The van der Waals surface area contributed by atoms with Crippen molar-refractivity contribution in [3.8, 4) is 5.75 Å². The molecule has 0 radical (unpaired) electrons. The Morgan fingerprint density at radius 3 is 2.23 bits per heavy atom. The number of Topliss-reactive ketones (excluding diaryl/α,β-unsaturated/α-hetero) is 1. The van der Waals surface area contributed by atoms with Crippen molar-refractivity contribution in [1.29, 1.82) is 0 Å². The van der Waals surface area contributed by atoms with Crippen LogP contribution in [0.15, 0.2) is 77.7 Å². The number of carbonyl (C=O) groups is 1. The van der Waals surface area contributed by atoms with Crippen molar-refractivity contribution in [3.05, 3.63) is 87.5 Å². The van der Waals surface area contributed by atoms with Gasteiger partial charge in [0.2, 0.25) is 0 Å². The molecule has 3 aromatic rings. The maximum Gasteiger partial charge on any atom is 0.339 e. The third-order valence-electron chi connectivity index (χ3n) is 4.93. The van der Waals surface area contributed by atoms with Crippen LogP contribution in [0.5, 0.6) is 5.75 Å². The van der Waals surface area contributed by atoms with Crippen molar-refractivity contribution in [2.45, 2.75) is 25.2 Å². The summed E-state index contributed by atoms with van der Waals surface area (Å²) in [6.45, 7) is 5.52. The van der Waals surface area contributed by atoms with Crippen molar-refractivity contribution in [3.63, 3.8) is 0 Å². The number of ketones is 1. The summed E-state index contributed by atoms with van der Waals surface area (Å²) in [6.07, 6.45) is 0.158. The van der Waals surface area contributed by atoms with Gasteiger partial charge >= 0.3 is 10.1 Å². The summed E-state index contributed by atoms with van der Waals surface area (Å²) in [5.74, 6) is -0.155. The number of anilines is 1. The fraction of sp³-hybridized carbons (Fsp3) is 0.208. The number of hydrogen-bond acceptors (Lipinski definition) is 5. The molecule has 0 aromatic heterocycles. The molecule has 0 aliphatic carbocycles. The van der Waals surface area contributed by atoms with Crippen LogP contribution in [0.2, 0.25) is 0 Å². The third kappa shape index (κ3) is 5.65. The van der Waals surface area contributed by atoms with Crippen LogP contribution >= 0.6 is 22.6 Å². The molecule has 0 N–H and O–H groups in total. The Hall–Kier alpha value is -2.39. The molecule has 0 unspecified atom stereocenters. The van der Waals surface area contributed by atoms with Crippen molar-refractivity contribution in [2.24, 2.45) is 0 Å². The fourth-order valence-electron chi connectivity index (χ4n) is 3.26. The summed E-state index contributed by atoms with van der Waals surface area (Å²) in [6, 6.07) is 20.7. The summed E-state index contributed by atoms with van der Waals surface area (Å²) in [7, 11) is -4.08. The smallest absolute Gasteiger partial charge is 0.339 e. The normalized spacial score (nSPS) is 11.2. The Morgan fingerprint density at radius 2 is 1.58 bits per heavy atom. The Kier molecular flexibility index (Phi) is 7.72. The average Bonchev–Trinajstić information content (AvgIpc) is 2.77. The predicted octanol–water partition coefficient (Wildman–Crippen LogP) is 5.33. The van der Waals surface area contributed by atoms with Gasteiger partial charge in [-0.2, -0.15) is 8.42 Å². The lowest BCUT2D eigenvalue weighted by Gasteiger charge is -2.22. The van der Waals surface area contributed by atoms with Crippen LogP contribution in [0.25, 0.3) is 0 Å². The first-order valence-electron chi connectivity index (χ1n) is 10.0. The van der Waals surface area contributed by atoms with Crippen LogP contribution in [0.3, 0.4) is 0 Å². The molecule has 5 nitrogen and oxygen atoms in total. The largest absolute Gasteiger partial charge is 0.378 e. The maximum atomic E-state index is 13.1. The number of rotatable bonds is 9. The molecule has 0 spiro atoms. The van der Waals surface area contributed by atoms with Crippen LogP contribution < -0.4 is 9.08 Å². The number of hydrogen-bond donors (Lipinski definition) is 0. The monoisotopic (exact) mass is 549 g/mol. The second kappa shape index (κ2) is 10.3. The number of nitrogens with zero attached hydrogens (tertiary/aromatic N) is 1. The SMILES string of the molecule is CCN(CC)c1ccc(C(=O)Cc2ccccc2I)c(OS(=O)(=O)c2ccccc2)c1. The molecule has 0 heterocycles. The van der Waals surface area contributed by atoms with Crippen LogP contribution in [-0.4, -0.2) is 27.3 Å². The van der Waals surface area contributed by atoms with E-state index in [2.05, 4.69) is 27.5 Å². The molecule has 0 aliphatic rings. The summed E-state index contributed by atoms with van der Waals surface area (Å²) >= 11 is 2.19. The minimum Gasteiger partial charge on any atom is -0.378 e. The molecular formula is C24H24INO4S. The summed E-state index contributed by atoms with van der Waals surface area (Å²) in [4.78, 5) is 15.2. The molecule has 0 bridgehead atoms. The Morgan fingerprint density at radius 1 is 0.935 bits per heavy atom. The lowest BCUT2D eigenvalue weighted by Crippen LogP contribution is -2.22. The van der Waals surface area contributed by atoms with Gasteiger partial charge in [-0.25, -0.2) is 0 Å². The topological polar surface area (TPSA) is 63.7 Å². The highest BCUT2D eigenvalue weighted by Crippen LogP contribution is 2.30. The molecule has 3 aromatic carbocycles. The van der Waals surface area contributed by atoms with E-state index in [1.165, 1.54) is 12.1 Å². The first-order chi connectivity index (χ1) is 14.9. The molecule has 0 amide bonds. The van der Waals surface area contributed by atoms with E-state index < -0.39 is 10.1 Å². The molecule has 0 aliphatic heterocycles. The molecule has 0 saturated heterocycles. The lowest BCUT2D eigenvalue weighted by atomic mass is 10.0. The van der Waals surface area contributed by atoms with Crippen LogP contribution in [-0.2, 0) is 16.5 Å². The fourth-order valence-corrected chi connectivity index (χ4v) is 4.80. The first-order valence-corrected chi connectivity index (χ1v) is 12.5. The molecular weight excluding hydrogens is 525 g/mol. The van der Waals surface area contributed by atoms with Gasteiger partial charge in [-0.3, -0.25) is 4.79 Å². The van der Waals surface area contributed by atoms with Crippen molar-refractivity contribution in [2.75, 3.05) is 18.0 Å². The van der Waals surface area contributed by atoms with Gasteiger partial charge in [0.25, 0.3) is 0 Å². The van der Waals surface area contributed by atoms with E-state index in [0.717, 1.165) is 27.9 Å². The van der Waals surface area contributed by atoms with E-state index in [1.807, 2.05) is 44.2 Å². The van der Waals surface area contributed by atoms with Gasteiger partial charge in [-0.1, -0.05) is 36.4 Å². The van der Waals surface area contributed by atoms with E-state index in [4.69, 9.17) is 4.18 Å². The number of carbonyl (C=O) groups excluding carboxylic acids is 1. The van der Waals surface area contributed by atoms with Crippen LogP contribution in [0, 0.1) is 3.57 Å². The predicted molar refractivity (Wildman–Crippen MR) is 131 cm³/mol. The second-order valence-corrected chi connectivity index (χ2v) is 9.60. The number of halogens is 1. The van der Waals surface area contributed by atoms with Gasteiger partial charge in [-0.15, -0.1) is 0 Å². The quantitative estimate of drug-likeness (QED) is 0.205. The number of benzene rings is 3. The Labute approximate surface area is 197 Å². The zero-order valence-corrected chi connectivity index (χ0v) is 20.4. The zero-order valence-electron chi connectivity index (χ0n) is 17.4. The van der Waals surface area contributed by atoms with E-state index in [-0.39, 0.29) is 28.4 Å². The van der Waals surface area contributed by atoms with Crippen LogP contribution in [0.4, 0.5) is 5.69 Å². The summed E-state index contributed by atoms with van der Waals surface area (Å²) < 4.78 is 32.2. The second-order valence-electron chi connectivity index (χ2n) is 6.89. The molecule has 7 heteroatoms. The van der Waals surface area contributed by atoms with E-state index >= 15 is 0 Å². The van der Waals surface area contributed by atoms with Crippen molar-refractivity contribution < 1.29 is 17.4 Å². The van der Waals surface area contributed by atoms with E-state index in [1.54, 1.807) is 30.3 Å². The minimum atomic E-state index is -4.08. The minimum absolute atomic E-state index is 0.0410. The zero-order chi connectivity index (χ0) is 22.4. The third-order valence-corrected chi connectivity index (χ3v) is 7.24. The van der Waals surface area contributed by atoms with Crippen LogP contribution in [0.1, 0.15) is 29.8 Å². The molecule has 0 fully saturated rings. The lowest BCUT2D eigenvalue weighted by molar-refractivity contribution is 0.0991. The molecule has 3 rings (SSSR count). The van der Waals surface area contributed by atoms with Gasteiger partial charge in [0.1, 0.15) is 4.90 Å². The van der Waals surface area contributed by atoms with Gasteiger partial charge in [0, 0.05) is 34.8 Å². The van der Waals surface area contributed by atoms with Crippen molar-refractivity contribution in [1.82, 2.24) is 0 Å². The standard InChI is InChI=1S/C24H24INO4S/c1-3-26(4-2)19-14-15-21(23(27)16-18-10-8-9-13-22(18)25)24(17-19)30-31(28,29)20-11-6-5-7-12-20/h5-15,17H,3-4,16H2,1-2H3. The van der Waals surface area contributed by atoms with Gasteiger partial charge in [0.15, 0.2) is 11.5 Å².